The molecule has 9 heteroatoms. The van der Waals surface area contributed by atoms with Crippen molar-refractivity contribution in [3.8, 4) is 5.75 Å². The standard InChI is InChI=1S/C26H23N3O6/c1-2-15-34-21-13-11-18(12-14-21)27-25(30)22-23(17-7-4-3-5-8-17)28(35-24(22)26(27)31)19-9-6-10-20(16-19)29(32)33/h3-14,16,22-24H,2,15H2,1H3/t22-,23-,24-/m1/s1. The van der Waals surface area contributed by atoms with Gasteiger partial charge in [0.05, 0.1) is 28.9 Å². The van der Waals surface area contributed by atoms with E-state index in [0.29, 0.717) is 23.7 Å². The van der Waals surface area contributed by atoms with Crippen LogP contribution in [0.2, 0.25) is 0 Å². The Bertz CT molecular complexity index is 1260. The SMILES string of the molecule is CCCOc1ccc(N2C(=O)[C@@H]3[C@@H](c4ccccc4)N(c4cccc([N+](=O)[O-])c4)O[C@H]3C2=O)cc1. The van der Waals surface area contributed by atoms with E-state index >= 15 is 0 Å². The highest BCUT2D eigenvalue weighted by atomic mass is 16.7. The lowest BCUT2D eigenvalue weighted by Gasteiger charge is -2.28. The second-order valence-electron chi connectivity index (χ2n) is 8.36. The monoisotopic (exact) mass is 473 g/mol. The van der Waals surface area contributed by atoms with Crippen LogP contribution in [0.3, 0.4) is 0 Å². The number of carbonyl (C=O) groups excluding carboxylic acids is 2. The summed E-state index contributed by atoms with van der Waals surface area (Å²) in [4.78, 5) is 45.1. The van der Waals surface area contributed by atoms with Crippen LogP contribution in [-0.2, 0) is 14.4 Å². The molecule has 0 unspecified atom stereocenters. The summed E-state index contributed by atoms with van der Waals surface area (Å²) in [7, 11) is 0. The van der Waals surface area contributed by atoms with Gasteiger partial charge < -0.3 is 4.74 Å². The van der Waals surface area contributed by atoms with Crippen molar-refractivity contribution in [2.45, 2.75) is 25.5 Å². The molecule has 2 saturated heterocycles. The Morgan fingerprint density at radius 1 is 0.943 bits per heavy atom. The summed E-state index contributed by atoms with van der Waals surface area (Å²) in [6.07, 6.45) is -0.184. The number of carbonyl (C=O) groups is 2. The summed E-state index contributed by atoms with van der Waals surface area (Å²) in [5, 5.41) is 12.8. The van der Waals surface area contributed by atoms with E-state index < -0.39 is 28.9 Å². The zero-order valence-corrected chi connectivity index (χ0v) is 18.9. The normalized spacial score (nSPS) is 21.3. The van der Waals surface area contributed by atoms with Gasteiger partial charge in [-0.25, -0.2) is 9.96 Å². The third kappa shape index (κ3) is 4.00. The quantitative estimate of drug-likeness (QED) is 0.284. The Hall–Kier alpha value is -4.24. The lowest BCUT2D eigenvalue weighted by Crippen LogP contribution is -2.37. The fraction of sp³-hybridized carbons (Fsp3) is 0.231. The van der Waals surface area contributed by atoms with E-state index in [4.69, 9.17) is 9.57 Å². The predicted octanol–water partition coefficient (Wildman–Crippen LogP) is 4.43. The van der Waals surface area contributed by atoms with Crippen LogP contribution in [0.25, 0.3) is 0 Å². The Kier molecular flexibility index (Phi) is 5.92. The maximum Gasteiger partial charge on any atom is 0.271 e. The molecule has 2 fully saturated rings. The minimum atomic E-state index is -1.05. The fourth-order valence-corrected chi connectivity index (χ4v) is 4.54. The number of benzene rings is 3. The minimum Gasteiger partial charge on any atom is -0.494 e. The molecule has 2 aliphatic heterocycles. The summed E-state index contributed by atoms with van der Waals surface area (Å²) in [5.74, 6) is -1.02. The Morgan fingerprint density at radius 3 is 2.37 bits per heavy atom. The van der Waals surface area contributed by atoms with Crippen molar-refractivity contribution >= 4 is 28.9 Å². The van der Waals surface area contributed by atoms with Crippen molar-refractivity contribution in [2.75, 3.05) is 16.6 Å². The van der Waals surface area contributed by atoms with Gasteiger partial charge in [-0.2, -0.15) is 0 Å². The number of ether oxygens (including phenoxy) is 1. The molecule has 9 nitrogen and oxygen atoms in total. The van der Waals surface area contributed by atoms with Gasteiger partial charge in [-0.3, -0.25) is 24.5 Å². The topological polar surface area (TPSA) is 102 Å². The van der Waals surface area contributed by atoms with Gasteiger partial charge in [0, 0.05) is 12.1 Å². The van der Waals surface area contributed by atoms with Crippen molar-refractivity contribution in [2.24, 2.45) is 5.92 Å². The molecule has 178 valence electrons. The molecule has 35 heavy (non-hydrogen) atoms. The highest BCUT2D eigenvalue weighted by Gasteiger charge is 2.60. The Balaban J connectivity index is 1.50. The summed E-state index contributed by atoms with van der Waals surface area (Å²) in [6, 6.07) is 21.3. The molecule has 5 rings (SSSR count). The summed E-state index contributed by atoms with van der Waals surface area (Å²) >= 11 is 0. The summed E-state index contributed by atoms with van der Waals surface area (Å²) in [6.45, 7) is 2.58. The second-order valence-corrected chi connectivity index (χ2v) is 8.36. The second kappa shape index (κ2) is 9.19. The lowest BCUT2D eigenvalue weighted by molar-refractivity contribution is -0.384. The van der Waals surface area contributed by atoms with Gasteiger partial charge in [0.25, 0.3) is 11.6 Å². The predicted molar refractivity (Wildman–Crippen MR) is 128 cm³/mol. The van der Waals surface area contributed by atoms with Crippen molar-refractivity contribution in [1.82, 2.24) is 0 Å². The number of hydrogen-bond acceptors (Lipinski definition) is 7. The number of rotatable bonds is 7. The average Bonchev–Trinajstić information content (AvgIpc) is 3.39. The van der Waals surface area contributed by atoms with Crippen LogP contribution >= 0.6 is 0 Å². The molecule has 0 bridgehead atoms. The lowest BCUT2D eigenvalue weighted by atomic mass is 9.90. The molecule has 3 atom stereocenters. The highest BCUT2D eigenvalue weighted by molar-refractivity contribution is 6.23. The van der Waals surface area contributed by atoms with E-state index in [1.165, 1.54) is 17.2 Å². The van der Waals surface area contributed by atoms with E-state index in [1.54, 1.807) is 36.4 Å². The number of nitro groups is 1. The van der Waals surface area contributed by atoms with Crippen molar-refractivity contribution in [3.63, 3.8) is 0 Å². The minimum absolute atomic E-state index is 0.111. The molecule has 0 aliphatic carbocycles. The molecule has 0 aromatic heterocycles. The first-order valence-electron chi connectivity index (χ1n) is 11.4. The largest absolute Gasteiger partial charge is 0.494 e. The number of amides is 2. The van der Waals surface area contributed by atoms with E-state index in [9.17, 15) is 19.7 Å². The first-order chi connectivity index (χ1) is 17.0. The molecule has 0 radical (unpaired) electrons. The molecule has 2 aliphatic rings. The van der Waals surface area contributed by atoms with Crippen molar-refractivity contribution in [1.29, 1.82) is 0 Å². The van der Waals surface area contributed by atoms with Crippen LogP contribution in [0, 0.1) is 16.0 Å². The smallest absolute Gasteiger partial charge is 0.271 e. The van der Waals surface area contributed by atoms with Gasteiger partial charge in [-0.15, -0.1) is 0 Å². The van der Waals surface area contributed by atoms with E-state index in [1.807, 2.05) is 37.3 Å². The van der Waals surface area contributed by atoms with Crippen LogP contribution in [0.1, 0.15) is 24.9 Å². The van der Waals surface area contributed by atoms with Gasteiger partial charge in [0.2, 0.25) is 5.91 Å². The maximum absolute atomic E-state index is 13.6. The first-order valence-corrected chi connectivity index (χ1v) is 11.4. The molecule has 3 aromatic carbocycles. The molecule has 2 amide bonds. The Labute approximate surface area is 201 Å². The molecule has 0 spiro atoms. The van der Waals surface area contributed by atoms with Crippen molar-refractivity contribution < 1.29 is 24.1 Å². The van der Waals surface area contributed by atoms with Crippen LogP contribution in [-0.4, -0.2) is 29.4 Å². The number of nitro benzene ring substituents is 1. The molecular formula is C26H23N3O6. The number of fused-ring (bicyclic) bond motifs is 1. The number of hydroxylamine groups is 1. The van der Waals surface area contributed by atoms with Crippen molar-refractivity contribution in [3.05, 3.63) is 94.5 Å². The maximum atomic E-state index is 13.6. The Morgan fingerprint density at radius 2 is 1.69 bits per heavy atom. The summed E-state index contributed by atoms with van der Waals surface area (Å²) < 4.78 is 5.60. The van der Waals surface area contributed by atoms with E-state index in [-0.39, 0.29) is 11.6 Å². The van der Waals surface area contributed by atoms with E-state index in [0.717, 1.165) is 16.9 Å². The highest BCUT2D eigenvalue weighted by Crippen LogP contribution is 2.48. The third-order valence-electron chi connectivity index (χ3n) is 6.12. The van der Waals surface area contributed by atoms with Gasteiger partial charge in [-0.1, -0.05) is 43.3 Å². The molecule has 0 N–H and O–H groups in total. The number of anilines is 2. The molecule has 0 saturated carbocycles. The summed E-state index contributed by atoms with van der Waals surface area (Å²) in [5.41, 5.74) is 1.49. The molecular weight excluding hydrogens is 450 g/mol. The van der Waals surface area contributed by atoms with Gasteiger partial charge in [0.1, 0.15) is 11.7 Å². The van der Waals surface area contributed by atoms with E-state index in [2.05, 4.69) is 0 Å². The average molecular weight is 473 g/mol. The fourth-order valence-electron chi connectivity index (χ4n) is 4.54. The number of nitrogens with zero attached hydrogens (tertiary/aromatic N) is 3. The van der Waals surface area contributed by atoms with Crippen LogP contribution in [0.5, 0.6) is 5.75 Å². The zero-order valence-electron chi connectivity index (χ0n) is 18.9. The molecule has 2 heterocycles. The molecule has 3 aromatic rings. The zero-order chi connectivity index (χ0) is 24.5. The van der Waals surface area contributed by atoms with Gasteiger partial charge >= 0.3 is 0 Å². The number of hydrogen-bond donors (Lipinski definition) is 0. The van der Waals surface area contributed by atoms with Gasteiger partial charge in [0.15, 0.2) is 6.10 Å². The van der Waals surface area contributed by atoms with Crippen LogP contribution in [0.4, 0.5) is 17.1 Å². The first kappa shape index (κ1) is 22.5. The van der Waals surface area contributed by atoms with Crippen LogP contribution < -0.4 is 14.7 Å². The number of imide groups is 1. The van der Waals surface area contributed by atoms with Gasteiger partial charge in [-0.05, 0) is 42.3 Å². The van der Waals surface area contributed by atoms with Crippen LogP contribution in [0.15, 0.2) is 78.9 Å². The number of non-ortho nitro benzene ring substituents is 1. The third-order valence-corrected chi connectivity index (χ3v) is 6.12.